The summed E-state index contributed by atoms with van der Waals surface area (Å²) in [6.07, 6.45) is 1.61. The minimum absolute atomic E-state index is 0.0703. The minimum Gasteiger partial charge on any atom is -0.478 e. The van der Waals surface area contributed by atoms with Crippen LogP contribution in [0.4, 0.5) is 4.39 Å². The van der Waals surface area contributed by atoms with Crippen molar-refractivity contribution in [2.45, 2.75) is 0 Å². The molecular formula is C13H6BrFN2O2S. The molecule has 7 heteroatoms. The summed E-state index contributed by atoms with van der Waals surface area (Å²) in [5.74, 6) is -1.58. The van der Waals surface area contributed by atoms with Gasteiger partial charge in [0.1, 0.15) is 16.5 Å². The van der Waals surface area contributed by atoms with Gasteiger partial charge in [0.2, 0.25) is 0 Å². The number of nitrogens with zero attached hydrogens (tertiary/aromatic N) is 2. The van der Waals surface area contributed by atoms with Crippen molar-refractivity contribution in [1.82, 2.24) is 9.97 Å². The van der Waals surface area contributed by atoms with Crippen LogP contribution >= 0.6 is 27.3 Å². The van der Waals surface area contributed by atoms with E-state index in [9.17, 15) is 14.3 Å². The molecule has 0 bridgehead atoms. The number of aromatic nitrogens is 2. The van der Waals surface area contributed by atoms with Crippen LogP contribution in [-0.2, 0) is 0 Å². The number of fused-ring (bicyclic) bond motifs is 1. The molecule has 1 aromatic carbocycles. The number of carboxylic acid groups (broad SMARTS) is 1. The fourth-order valence-electron chi connectivity index (χ4n) is 1.86. The Hall–Kier alpha value is -1.86. The lowest BCUT2D eigenvalue weighted by atomic mass is 10.1. The first-order valence-electron chi connectivity index (χ1n) is 5.49. The van der Waals surface area contributed by atoms with Crippen molar-refractivity contribution in [2.24, 2.45) is 0 Å². The molecule has 0 amide bonds. The van der Waals surface area contributed by atoms with E-state index in [1.807, 2.05) is 0 Å². The minimum atomic E-state index is -1.09. The van der Waals surface area contributed by atoms with Gasteiger partial charge in [-0.2, -0.15) is 0 Å². The summed E-state index contributed by atoms with van der Waals surface area (Å²) in [7, 11) is 0. The number of carboxylic acids is 1. The summed E-state index contributed by atoms with van der Waals surface area (Å²) in [5, 5.41) is 12.1. The zero-order valence-corrected chi connectivity index (χ0v) is 12.2. The van der Waals surface area contributed by atoms with Gasteiger partial charge in [0.15, 0.2) is 0 Å². The number of carbonyl (C=O) groups is 1. The van der Waals surface area contributed by atoms with E-state index >= 15 is 0 Å². The van der Waals surface area contributed by atoms with Gasteiger partial charge < -0.3 is 5.11 Å². The van der Waals surface area contributed by atoms with Crippen molar-refractivity contribution >= 4 is 44.1 Å². The Bertz CT molecular complexity index is 821. The highest BCUT2D eigenvalue weighted by Gasteiger charge is 2.16. The second-order valence-corrected chi connectivity index (χ2v) is 5.73. The predicted octanol–water partition coefficient (Wildman–Crippen LogP) is 3.96. The quantitative estimate of drug-likeness (QED) is 0.758. The van der Waals surface area contributed by atoms with E-state index in [0.717, 1.165) is 0 Å². The maximum Gasteiger partial charge on any atom is 0.336 e. The van der Waals surface area contributed by atoms with E-state index in [4.69, 9.17) is 0 Å². The number of halogens is 2. The first kappa shape index (κ1) is 13.1. The van der Waals surface area contributed by atoms with Gasteiger partial charge in [0.05, 0.1) is 15.6 Å². The van der Waals surface area contributed by atoms with Crippen molar-refractivity contribution in [3.8, 4) is 10.7 Å². The molecular weight excluding hydrogens is 347 g/mol. The summed E-state index contributed by atoms with van der Waals surface area (Å²) >= 11 is 4.39. The molecule has 2 aromatic heterocycles. The number of hydrogen-bond donors (Lipinski definition) is 1. The Labute approximate surface area is 125 Å². The van der Waals surface area contributed by atoms with Crippen LogP contribution in [0.25, 0.3) is 21.6 Å². The maximum atomic E-state index is 13.6. The molecule has 0 unspecified atom stereocenters. The first-order chi connectivity index (χ1) is 9.56. The highest BCUT2D eigenvalue weighted by atomic mass is 79.9. The van der Waals surface area contributed by atoms with Gasteiger partial charge in [-0.25, -0.2) is 19.2 Å². The fraction of sp³-hybridized carbons (Fsp3) is 0. The molecule has 0 saturated carbocycles. The largest absolute Gasteiger partial charge is 0.478 e. The Kier molecular flexibility index (Phi) is 3.23. The molecule has 0 aliphatic heterocycles. The second kappa shape index (κ2) is 4.92. The van der Waals surface area contributed by atoms with Crippen molar-refractivity contribution in [3.63, 3.8) is 0 Å². The number of rotatable bonds is 2. The van der Waals surface area contributed by atoms with Gasteiger partial charge in [0.25, 0.3) is 0 Å². The number of pyridine rings is 1. The number of thiazole rings is 1. The predicted molar refractivity (Wildman–Crippen MR) is 77.5 cm³/mol. The molecule has 20 heavy (non-hydrogen) atoms. The van der Waals surface area contributed by atoms with Crippen LogP contribution in [0.2, 0.25) is 0 Å². The molecule has 0 atom stereocenters. The number of hydrogen-bond acceptors (Lipinski definition) is 4. The lowest BCUT2D eigenvalue weighted by molar-refractivity contribution is 0.0699. The molecule has 0 spiro atoms. The van der Waals surface area contributed by atoms with Gasteiger partial charge in [-0.15, -0.1) is 11.3 Å². The van der Waals surface area contributed by atoms with E-state index in [1.165, 1.54) is 29.5 Å². The molecule has 4 nitrogen and oxygen atoms in total. The van der Waals surface area contributed by atoms with Crippen LogP contribution in [0.1, 0.15) is 10.4 Å². The molecule has 0 fully saturated rings. The normalized spacial score (nSPS) is 10.9. The second-order valence-electron chi connectivity index (χ2n) is 3.98. The Morgan fingerprint density at radius 1 is 1.35 bits per heavy atom. The third-order valence-electron chi connectivity index (χ3n) is 2.73. The summed E-state index contributed by atoms with van der Waals surface area (Å²) in [6, 6.07) is 4.09. The van der Waals surface area contributed by atoms with Crippen LogP contribution in [0.15, 0.2) is 34.2 Å². The topological polar surface area (TPSA) is 63.1 Å². The Balaban J connectivity index is 2.36. The van der Waals surface area contributed by atoms with E-state index < -0.39 is 11.8 Å². The zero-order chi connectivity index (χ0) is 14.3. The van der Waals surface area contributed by atoms with E-state index in [-0.39, 0.29) is 15.6 Å². The van der Waals surface area contributed by atoms with Gasteiger partial charge in [-0.1, -0.05) is 0 Å². The molecule has 3 aromatic rings. The van der Waals surface area contributed by atoms with Gasteiger partial charge in [0, 0.05) is 23.0 Å². The fourth-order valence-corrected chi connectivity index (χ4v) is 2.80. The smallest absolute Gasteiger partial charge is 0.336 e. The summed E-state index contributed by atoms with van der Waals surface area (Å²) < 4.78 is 13.8. The van der Waals surface area contributed by atoms with Crippen LogP contribution in [-0.4, -0.2) is 21.0 Å². The molecule has 0 radical (unpaired) electrons. The monoisotopic (exact) mass is 352 g/mol. The van der Waals surface area contributed by atoms with Crippen LogP contribution in [0.3, 0.4) is 0 Å². The summed E-state index contributed by atoms with van der Waals surface area (Å²) in [5.41, 5.74) is 0.781. The molecule has 2 heterocycles. The highest BCUT2D eigenvalue weighted by Crippen LogP contribution is 2.29. The van der Waals surface area contributed by atoms with Gasteiger partial charge >= 0.3 is 5.97 Å². The average Bonchev–Trinajstić information content (AvgIpc) is 2.92. The van der Waals surface area contributed by atoms with Gasteiger partial charge in [-0.05, 0) is 28.1 Å². The molecule has 100 valence electrons. The van der Waals surface area contributed by atoms with Crippen LogP contribution in [0.5, 0.6) is 0 Å². The third kappa shape index (κ3) is 2.19. The first-order valence-corrected chi connectivity index (χ1v) is 7.16. The SMILES string of the molecule is O=C(O)c1cc(-c2nccs2)nc2cc(F)c(Br)cc12. The maximum absolute atomic E-state index is 13.6. The standard InChI is InChI=1S/C13H6BrFN2O2S/c14-8-3-6-7(13(18)19)4-11(12-16-1-2-20-12)17-10(6)5-9(8)15/h1-5H,(H,18,19). The Morgan fingerprint density at radius 2 is 2.15 bits per heavy atom. The van der Waals surface area contributed by atoms with E-state index in [1.54, 1.807) is 11.6 Å². The summed E-state index contributed by atoms with van der Waals surface area (Å²) in [6.45, 7) is 0. The van der Waals surface area contributed by atoms with Crippen LogP contribution < -0.4 is 0 Å². The van der Waals surface area contributed by atoms with E-state index in [2.05, 4.69) is 25.9 Å². The van der Waals surface area contributed by atoms with Crippen molar-refractivity contribution in [2.75, 3.05) is 0 Å². The molecule has 0 saturated heterocycles. The van der Waals surface area contributed by atoms with Gasteiger partial charge in [-0.3, -0.25) is 0 Å². The van der Waals surface area contributed by atoms with Crippen molar-refractivity contribution in [1.29, 1.82) is 0 Å². The summed E-state index contributed by atoms with van der Waals surface area (Å²) in [4.78, 5) is 19.8. The Morgan fingerprint density at radius 3 is 2.80 bits per heavy atom. The highest BCUT2D eigenvalue weighted by molar-refractivity contribution is 9.10. The number of benzene rings is 1. The molecule has 0 aliphatic carbocycles. The van der Waals surface area contributed by atoms with Crippen LogP contribution in [0, 0.1) is 5.82 Å². The lowest BCUT2D eigenvalue weighted by Gasteiger charge is -2.06. The number of aromatic carboxylic acids is 1. The third-order valence-corrected chi connectivity index (χ3v) is 4.14. The average molecular weight is 353 g/mol. The molecule has 0 aliphatic rings. The zero-order valence-electron chi connectivity index (χ0n) is 9.80. The molecule has 3 rings (SSSR count). The van der Waals surface area contributed by atoms with Crippen molar-refractivity contribution < 1.29 is 14.3 Å². The molecule has 1 N–H and O–H groups in total. The lowest BCUT2D eigenvalue weighted by Crippen LogP contribution is -2.01. The van der Waals surface area contributed by atoms with E-state index in [0.29, 0.717) is 16.1 Å². The van der Waals surface area contributed by atoms with Crippen molar-refractivity contribution in [3.05, 3.63) is 45.6 Å².